The number of nitrogen functional groups attached to an aromatic ring is 1. The number of anilines is 1. The van der Waals surface area contributed by atoms with E-state index in [0.29, 0.717) is 33.7 Å². The standard InChI is InChI=1S/C14H13Cl2NO2/c15-10-7-12(17)14(8-11(10)16)19-13-4-2-1-3-9(13)5-6-18/h1-4,7-8,18H,5-6,17H2. The lowest BCUT2D eigenvalue weighted by Crippen LogP contribution is -1.97. The maximum absolute atomic E-state index is 9.03. The molecule has 100 valence electrons. The van der Waals surface area contributed by atoms with Crippen molar-refractivity contribution in [2.75, 3.05) is 12.3 Å². The first-order chi connectivity index (χ1) is 9.11. The first kappa shape index (κ1) is 14.0. The van der Waals surface area contributed by atoms with Gasteiger partial charge in [-0.2, -0.15) is 0 Å². The minimum Gasteiger partial charge on any atom is -0.455 e. The molecule has 3 nitrogen and oxygen atoms in total. The van der Waals surface area contributed by atoms with Crippen molar-refractivity contribution < 1.29 is 9.84 Å². The maximum atomic E-state index is 9.03. The van der Waals surface area contributed by atoms with Crippen molar-refractivity contribution in [3.8, 4) is 11.5 Å². The molecule has 0 fully saturated rings. The largest absolute Gasteiger partial charge is 0.455 e. The topological polar surface area (TPSA) is 55.5 Å². The van der Waals surface area contributed by atoms with Gasteiger partial charge in [-0.1, -0.05) is 41.4 Å². The fraction of sp³-hybridized carbons (Fsp3) is 0.143. The monoisotopic (exact) mass is 297 g/mol. The summed E-state index contributed by atoms with van der Waals surface area (Å²) in [6, 6.07) is 10.6. The molecule has 0 radical (unpaired) electrons. The Bertz CT molecular complexity index is 588. The van der Waals surface area contributed by atoms with Gasteiger partial charge in [0.15, 0.2) is 5.75 Å². The molecule has 0 spiro atoms. The zero-order valence-electron chi connectivity index (χ0n) is 10.1. The lowest BCUT2D eigenvalue weighted by molar-refractivity contribution is 0.298. The van der Waals surface area contributed by atoms with Crippen LogP contribution < -0.4 is 10.5 Å². The summed E-state index contributed by atoms with van der Waals surface area (Å²) >= 11 is 11.8. The third-order valence-corrected chi connectivity index (χ3v) is 3.35. The zero-order valence-corrected chi connectivity index (χ0v) is 11.6. The number of aliphatic hydroxyl groups is 1. The Labute approximate surface area is 121 Å². The quantitative estimate of drug-likeness (QED) is 0.842. The summed E-state index contributed by atoms with van der Waals surface area (Å²) in [7, 11) is 0. The number of benzene rings is 2. The maximum Gasteiger partial charge on any atom is 0.151 e. The van der Waals surface area contributed by atoms with Crippen LogP contribution in [0.2, 0.25) is 10.0 Å². The van der Waals surface area contributed by atoms with E-state index >= 15 is 0 Å². The molecule has 5 heteroatoms. The van der Waals surface area contributed by atoms with Crippen molar-refractivity contribution in [1.29, 1.82) is 0 Å². The molecule has 0 amide bonds. The van der Waals surface area contributed by atoms with E-state index in [2.05, 4.69) is 0 Å². The Balaban J connectivity index is 2.33. The Morgan fingerprint density at radius 2 is 1.74 bits per heavy atom. The smallest absolute Gasteiger partial charge is 0.151 e. The first-order valence-corrected chi connectivity index (χ1v) is 6.48. The van der Waals surface area contributed by atoms with E-state index in [1.807, 2.05) is 24.3 Å². The van der Waals surface area contributed by atoms with Gasteiger partial charge in [-0.3, -0.25) is 0 Å². The van der Waals surface area contributed by atoms with Gasteiger partial charge in [-0.25, -0.2) is 0 Å². The fourth-order valence-corrected chi connectivity index (χ4v) is 2.01. The van der Waals surface area contributed by atoms with Gasteiger partial charge in [0.25, 0.3) is 0 Å². The van der Waals surface area contributed by atoms with E-state index in [1.54, 1.807) is 12.1 Å². The number of halogens is 2. The van der Waals surface area contributed by atoms with Gasteiger partial charge in [0.2, 0.25) is 0 Å². The third-order valence-electron chi connectivity index (χ3n) is 2.63. The molecule has 0 bridgehead atoms. The van der Waals surface area contributed by atoms with Crippen LogP contribution in [-0.2, 0) is 6.42 Å². The molecule has 0 heterocycles. The van der Waals surface area contributed by atoms with Gasteiger partial charge in [-0.05, 0) is 24.1 Å². The summed E-state index contributed by atoms with van der Waals surface area (Å²) in [5.41, 5.74) is 7.15. The molecule has 0 unspecified atom stereocenters. The molecule has 0 saturated heterocycles. The molecule has 2 aromatic carbocycles. The van der Waals surface area contributed by atoms with Crippen LogP contribution in [0.1, 0.15) is 5.56 Å². The van der Waals surface area contributed by atoms with Gasteiger partial charge in [0, 0.05) is 12.7 Å². The zero-order chi connectivity index (χ0) is 13.8. The number of rotatable bonds is 4. The summed E-state index contributed by atoms with van der Waals surface area (Å²) in [6.07, 6.45) is 0.511. The molecule has 0 atom stereocenters. The van der Waals surface area contributed by atoms with E-state index in [4.69, 9.17) is 38.8 Å². The molecule has 2 aromatic rings. The van der Waals surface area contributed by atoms with Gasteiger partial charge in [-0.15, -0.1) is 0 Å². The molecule has 0 aliphatic carbocycles. The van der Waals surface area contributed by atoms with Crippen LogP contribution in [0.5, 0.6) is 11.5 Å². The highest BCUT2D eigenvalue weighted by molar-refractivity contribution is 6.42. The lowest BCUT2D eigenvalue weighted by Gasteiger charge is -2.13. The number of hydrogen-bond donors (Lipinski definition) is 2. The van der Waals surface area contributed by atoms with Crippen molar-refractivity contribution in [1.82, 2.24) is 0 Å². The number of aliphatic hydroxyl groups excluding tert-OH is 1. The molecule has 2 rings (SSSR count). The molecule has 3 N–H and O–H groups in total. The van der Waals surface area contributed by atoms with Crippen molar-refractivity contribution in [2.45, 2.75) is 6.42 Å². The predicted octanol–water partition coefficient (Wildman–Crippen LogP) is 3.90. The SMILES string of the molecule is Nc1cc(Cl)c(Cl)cc1Oc1ccccc1CCO. The number of hydrogen-bond acceptors (Lipinski definition) is 3. The van der Waals surface area contributed by atoms with Crippen LogP contribution in [0.3, 0.4) is 0 Å². The van der Waals surface area contributed by atoms with Gasteiger partial charge in [0.1, 0.15) is 5.75 Å². The molecule has 19 heavy (non-hydrogen) atoms. The summed E-state index contributed by atoms with van der Waals surface area (Å²) in [5, 5.41) is 9.79. The number of ether oxygens (including phenoxy) is 1. The molecule has 0 aliphatic heterocycles. The average molecular weight is 298 g/mol. The van der Waals surface area contributed by atoms with Crippen LogP contribution in [-0.4, -0.2) is 11.7 Å². The fourth-order valence-electron chi connectivity index (χ4n) is 1.68. The predicted molar refractivity (Wildman–Crippen MR) is 78.2 cm³/mol. The van der Waals surface area contributed by atoms with E-state index in [9.17, 15) is 0 Å². The van der Waals surface area contributed by atoms with Crippen LogP contribution in [0.4, 0.5) is 5.69 Å². The van der Waals surface area contributed by atoms with Crippen molar-refractivity contribution in [3.05, 3.63) is 52.0 Å². The second-order valence-electron chi connectivity index (χ2n) is 3.99. The highest BCUT2D eigenvalue weighted by Crippen LogP contribution is 2.36. The summed E-state index contributed by atoms with van der Waals surface area (Å²) in [5.74, 6) is 1.08. The summed E-state index contributed by atoms with van der Waals surface area (Å²) in [4.78, 5) is 0. The number of para-hydroxylation sites is 1. The normalized spacial score (nSPS) is 10.5. The Hall–Kier alpha value is -1.42. The van der Waals surface area contributed by atoms with E-state index < -0.39 is 0 Å². The highest BCUT2D eigenvalue weighted by atomic mass is 35.5. The van der Waals surface area contributed by atoms with Crippen LogP contribution in [0.25, 0.3) is 0 Å². The van der Waals surface area contributed by atoms with Crippen molar-refractivity contribution in [2.24, 2.45) is 0 Å². The molecular formula is C14H13Cl2NO2. The molecule has 0 saturated carbocycles. The Morgan fingerprint density at radius 1 is 1.05 bits per heavy atom. The van der Waals surface area contributed by atoms with E-state index in [-0.39, 0.29) is 6.61 Å². The molecule has 0 aliphatic rings. The minimum atomic E-state index is 0.0528. The second-order valence-corrected chi connectivity index (χ2v) is 4.80. The van der Waals surface area contributed by atoms with E-state index in [0.717, 1.165) is 5.56 Å². The summed E-state index contributed by atoms with van der Waals surface area (Å²) in [6.45, 7) is 0.0528. The highest BCUT2D eigenvalue weighted by Gasteiger charge is 2.09. The summed E-state index contributed by atoms with van der Waals surface area (Å²) < 4.78 is 5.75. The van der Waals surface area contributed by atoms with Crippen LogP contribution in [0, 0.1) is 0 Å². The average Bonchev–Trinajstić information content (AvgIpc) is 2.38. The van der Waals surface area contributed by atoms with Crippen molar-refractivity contribution >= 4 is 28.9 Å². The number of nitrogens with two attached hydrogens (primary N) is 1. The van der Waals surface area contributed by atoms with Crippen molar-refractivity contribution in [3.63, 3.8) is 0 Å². The molecular weight excluding hydrogens is 285 g/mol. The van der Waals surface area contributed by atoms with Gasteiger partial charge >= 0.3 is 0 Å². The first-order valence-electron chi connectivity index (χ1n) is 5.73. The van der Waals surface area contributed by atoms with Crippen LogP contribution >= 0.6 is 23.2 Å². The minimum absolute atomic E-state index is 0.0528. The second kappa shape index (κ2) is 6.15. The van der Waals surface area contributed by atoms with E-state index in [1.165, 1.54) is 0 Å². The van der Waals surface area contributed by atoms with Crippen LogP contribution in [0.15, 0.2) is 36.4 Å². The lowest BCUT2D eigenvalue weighted by atomic mass is 10.1. The van der Waals surface area contributed by atoms with Gasteiger partial charge < -0.3 is 15.6 Å². The third kappa shape index (κ3) is 3.32. The molecule has 0 aromatic heterocycles. The van der Waals surface area contributed by atoms with Gasteiger partial charge in [0.05, 0.1) is 15.7 Å². The Kier molecular flexibility index (Phi) is 4.53. The Morgan fingerprint density at radius 3 is 2.47 bits per heavy atom.